The highest BCUT2D eigenvalue weighted by Gasteiger charge is 2.46. The van der Waals surface area contributed by atoms with Gasteiger partial charge in [-0.2, -0.15) is 0 Å². The Morgan fingerprint density at radius 2 is 2.03 bits per heavy atom. The molecule has 1 saturated heterocycles. The van der Waals surface area contributed by atoms with Crippen molar-refractivity contribution in [2.75, 3.05) is 32.7 Å². The van der Waals surface area contributed by atoms with Gasteiger partial charge in [-0.1, -0.05) is 12.1 Å². The first-order valence-corrected chi connectivity index (χ1v) is 10.8. The highest BCUT2D eigenvalue weighted by atomic mass is 16.5. The summed E-state index contributed by atoms with van der Waals surface area (Å²) < 4.78 is 12.6. The second-order valence-electron chi connectivity index (χ2n) is 8.35. The zero-order valence-corrected chi connectivity index (χ0v) is 19.2. The van der Waals surface area contributed by atoms with Crippen molar-refractivity contribution in [3.63, 3.8) is 0 Å². The fraction of sp³-hybridized carbons (Fsp3) is 0.455. The Morgan fingerprint density at radius 3 is 2.68 bits per heavy atom. The van der Waals surface area contributed by atoms with E-state index >= 15 is 0 Å². The fourth-order valence-electron chi connectivity index (χ4n) is 4.04. The van der Waals surface area contributed by atoms with Crippen molar-refractivity contribution in [2.45, 2.75) is 36.9 Å². The molecule has 5 N–H and O–H groups in total. The summed E-state index contributed by atoms with van der Waals surface area (Å²) in [5.74, 6) is 0.861. The minimum atomic E-state index is -1.18. The molecule has 0 radical (unpaired) electrons. The number of aliphatic hydroxyl groups excluding tert-OH is 2. The number of anilines is 1. The maximum atomic E-state index is 12.8. The largest absolute Gasteiger partial charge is 0.497 e. The third-order valence-electron chi connectivity index (χ3n) is 5.85. The predicted octanol–water partition coefficient (Wildman–Crippen LogP) is -0.794. The Labute approximate surface area is 196 Å². The second kappa shape index (κ2) is 9.89. The molecular formula is C22H29N7O5. The van der Waals surface area contributed by atoms with Gasteiger partial charge in [0.25, 0.3) is 0 Å². The Kier molecular flexibility index (Phi) is 6.93. The minimum absolute atomic E-state index is 0.295. The van der Waals surface area contributed by atoms with Crippen LogP contribution >= 0.6 is 0 Å². The van der Waals surface area contributed by atoms with E-state index in [1.165, 1.54) is 12.7 Å². The molecule has 2 aromatic heterocycles. The summed E-state index contributed by atoms with van der Waals surface area (Å²) in [6, 6.07) is 5.52. The molecule has 0 saturated carbocycles. The summed E-state index contributed by atoms with van der Waals surface area (Å²) in [6.45, 7) is -0.406. The number of fused-ring (bicyclic) bond motifs is 1. The van der Waals surface area contributed by atoms with E-state index in [1.807, 2.05) is 26.2 Å². The van der Waals surface area contributed by atoms with E-state index < -0.39 is 43.0 Å². The highest BCUT2D eigenvalue weighted by molar-refractivity contribution is 5.83. The molecule has 0 aliphatic carbocycles. The third kappa shape index (κ3) is 4.53. The number of carbonyl (C=O) groups is 1. The van der Waals surface area contributed by atoms with Gasteiger partial charge in [-0.05, 0) is 24.1 Å². The number of hydrogen-bond acceptors (Lipinski definition) is 10. The van der Waals surface area contributed by atoms with Crippen LogP contribution < -0.4 is 20.7 Å². The average molecular weight is 472 g/mol. The molecule has 3 heterocycles. The van der Waals surface area contributed by atoms with Gasteiger partial charge in [0.05, 0.1) is 32.1 Å². The van der Waals surface area contributed by atoms with Gasteiger partial charge in [-0.25, -0.2) is 15.0 Å². The van der Waals surface area contributed by atoms with Crippen molar-refractivity contribution < 1.29 is 24.5 Å². The van der Waals surface area contributed by atoms with Crippen molar-refractivity contribution >= 4 is 22.9 Å². The van der Waals surface area contributed by atoms with Gasteiger partial charge in [0.1, 0.15) is 24.3 Å². The van der Waals surface area contributed by atoms with Crippen LogP contribution in [-0.4, -0.2) is 87.7 Å². The van der Waals surface area contributed by atoms with E-state index in [-0.39, 0.29) is 0 Å². The number of ether oxygens (including phenoxy) is 2. The van der Waals surface area contributed by atoms with Gasteiger partial charge in [0, 0.05) is 14.1 Å². The molecule has 34 heavy (non-hydrogen) atoms. The van der Waals surface area contributed by atoms with Crippen molar-refractivity contribution in [1.82, 2.24) is 24.8 Å². The van der Waals surface area contributed by atoms with Crippen LogP contribution in [0.4, 0.5) is 5.82 Å². The monoisotopic (exact) mass is 471 g/mol. The lowest BCUT2D eigenvalue weighted by atomic mass is 10.0. The number of carbonyl (C=O) groups excluding carboxylic acids is 1. The Morgan fingerprint density at radius 1 is 1.29 bits per heavy atom. The van der Waals surface area contributed by atoms with Crippen molar-refractivity contribution in [1.29, 1.82) is 0 Å². The van der Waals surface area contributed by atoms with E-state index in [0.29, 0.717) is 29.2 Å². The summed E-state index contributed by atoms with van der Waals surface area (Å²) in [5.41, 5.74) is 7.98. The molecule has 1 aromatic carbocycles. The average Bonchev–Trinajstić information content (AvgIpc) is 3.40. The molecule has 12 heteroatoms. The number of nitrogens with one attached hydrogen (secondary N) is 1. The number of nitrogens with two attached hydrogens (primary N) is 1. The molecule has 182 valence electrons. The number of aliphatic hydroxyl groups is 2. The number of nitrogens with zero attached hydrogens (tertiary/aromatic N) is 5. The van der Waals surface area contributed by atoms with Crippen molar-refractivity contribution in [3.8, 4) is 5.75 Å². The standard InChI is InChI=1S/C22H29N7O5/c1-28(2)19-17-20(25-10-24-19)29(11-26-17)22-18(31)16(15(9-30)34-22)27-21(32)14(23)8-12-4-6-13(33-3)7-5-12/h4-7,10-11,14-16,18,22,30-31H,8-9,23H2,1-3H3,(H,27,32)/t14?,15-,16?,18?,22-/m1/s1. The van der Waals surface area contributed by atoms with E-state index in [2.05, 4.69) is 20.3 Å². The first-order chi connectivity index (χ1) is 16.3. The molecular weight excluding hydrogens is 442 g/mol. The first kappa shape index (κ1) is 23.8. The Hall–Kier alpha value is -3.32. The number of methoxy groups -OCH3 is 1. The molecule has 1 amide bonds. The van der Waals surface area contributed by atoms with Gasteiger partial charge in [-0.15, -0.1) is 0 Å². The quantitative estimate of drug-likeness (QED) is 0.328. The summed E-state index contributed by atoms with van der Waals surface area (Å²) in [7, 11) is 5.25. The van der Waals surface area contributed by atoms with Crippen LogP contribution in [0.5, 0.6) is 5.75 Å². The van der Waals surface area contributed by atoms with Crippen LogP contribution in [0, 0.1) is 0 Å². The third-order valence-corrected chi connectivity index (χ3v) is 5.85. The highest BCUT2D eigenvalue weighted by Crippen LogP contribution is 2.32. The van der Waals surface area contributed by atoms with Gasteiger partial charge < -0.3 is 35.6 Å². The summed E-state index contributed by atoms with van der Waals surface area (Å²) >= 11 is 0. The minimum Gasteiger partial charge on any atom is -0.497 e. The predicted molar refractivity (Wildman–Crippen MR) is 123 cm³/mol. The number of benzene rings is 1. The number of amides is 1. The summed E-state index contributed by atoms with van der Waals surface area (Å²) in [5, 5.41) is 23.6. The lowest BCUT2D eigenvalue weighted by Crippen LogP contribution is -2.53. The molecule has 0 spiro atoms. The number of rotatable bonds is 8. The lowest BCUT2D eigenvalue weighted by Gasteiger charge is -2.23. The van der Waals surface area contributed by atoms with Gasteiger partial charge >= 0.3 is 0 Å². The van der Waals surface area contributed by atoms with Crippen molar-refractivity contribution in [3.05, 3.63) is 42.5 Å². The normalized spacial score (nSPS) is 23.1. The second-order valence-corrected chi connectivity index (χ2v) is 8.35. The van der Waals surface area contributed by atoms with E-state index in [1.54, 1.807) is 28.7 Å². The van der Waals surface area contributed by atoms with E-state index in [0.717, 1.165) is 5.56 Å². The van der Waals surface area contributed by atoms with Crippen molar-refractivity contribution in [2.24, 2.45) is 5.73 Å². The first-order valence-electron chi connectivity index (χ1n) is 10.8. The zero-order valence-electron chi connectivity index (χ0n) is 19.2. The van der Waals surface area contributed by atoms with Crippen LogP contribution in [0.1, 0.15) is 11.8 Å². The molecule has 5 atom stereocenters. The zero-order chi connectivity index (χ0) is 24.4. The van der Waals surface area contributed by atoms with Crippen LogP contribution in [0.2, 0.25) is 0 Å². The van der Waals surface area contributed by atoms with Crippen LogP contribution in [0.25, 0.3) is 11.2 Å². The summed E-state index contributed by atoms with van der Waals surface area (Å²) in [4.78, 5) is 27.5. The summed E-state index contributed by atoms with van der Waals surface area (Å²) in [6.07, 6.45) is 0.250. The molecule has 3 unspecified atom stereocenters. The molecule has 0 bridgehead atoms. The van der Waals surface area contributed by atoms with Crippen LogP contribution in [-0.2, 0) is 16.0 Å². The van der Waals surface area contributed by atoms with E-state index in [4.69, 9.17) is 15.2 Å². The molecule has 1 aliphatic heterocycles. The fourth-order valence-corrected chi connectivity index (χ4v) is 4.04. The van der Waals surface area contributed by atoms with Gasteiger partial charge in [0.15, 0.2) is 23.2 Å². The molecule has 4 rings (SSSR count). The Bertz CT molecular complexity index is 1140. The molecule has 12 nitrogen and oxygen atoms in total. The number of hydrogen-bond donors (Lipinski definition) is 4. The van der Waals surface area contributed by atoms with Crippen LogP contribution in [0.3, 0.4) is 0 Å². The SMILES string of the molecule is COc1ccc(CC(N)C(=O)NC2C(O)[C@H](n3cnc4c(N(C)C)ncnc43)O[C@@H]2CO)cc1. The smallest absolute Gasteiger partial charge is 0.237 e. The van der Waals surface area contributed by atoms with Gasteiger partial charge in [-0.3, -0.25) is 9.36 Å². The maximum Gasteiger partial charge on any atom is 0.237 e. The molecule has 3 aromatic rings. The van der Waals surface area contributed by atoms with Crippen LogP contribution in [0.15, 0.2) is 36.9 Å². The van der Waals surface area contributed by atoms with Gasteiger partial charge in [0.2, 0.25) is 5.91 Å². The Balaban J connectivity index is 1.49. The van der Waals surface area contributed by atoms with E-state index in [9.17, 15) is 15.0 Å². The number of aromatic nitrogens is 4. The molecule has 1 aliphatic rings. The maximum absolute atomic E-state index is 12.8. The lowest BCUT2D eigenvalue weighted by molar-refractivity contribution is -0.124. The number of imidazole rings is 1. The topological polar surface area (TPSA) is 161 Å². The molecule has 1 fully saturated rings.